The third kappa shape index (κ3) is 4.26. The minimum atomic E-state index is -0.627. The normalized spacial score (nSPS) is 11.5. The van der Waals surface area contributed by atoms with Gasteiger partial charge in [0.25, 0.3) is 0 Å². The van der Waals surface area contributed by atoms with Crippen molar-refractivity contribution < 1.29 is 13.2 Å². The first-order chi connectivity index (χ1) is 14.5. The zero-order valence-electron chi connectivity index (χ0n) is 16.7. The molecule has 0 saturated heterocycles. The summed E-state index contributed by atoms with van der Waals surface area (Å²) in [5.41, 5.74) is 3.69. The summed E-state index contributed by atoms with van der Waals surface area (Å²) in [6.45, 7) is 1.56. The van der Waals surface area contributed by atoms with Crippen molar-refractivity contribution in [2.24, 2.45) is 7.05 Å². The molecule has 0 bridgehead atoms. The zero-order chi connectivity index (χ0) is 21.1. The number of hydrogen-bond acceptors (Lipinski definition) is 2. The highest BCUT2D eigenvalue weighted by atomic mass is 19.1. The summed E-state index contributed by atoms with van der Waals surface area (Å²) in [6, 6.07) is 10.2. The third-order valence-electron chi connectivity index (χ3n) is 5.32. The lowest BCUT2D eigenvalue weighted by Gasteiger charge is -2.07. The van der Waals surface area contributed by atoms with Gasteiger partial charge in [0, 0.05) is 36.9 Å². The largest absolute Gasteiger partial charge is 0.352 e. The zero-order valence-corrected chi connectivity index (χ0v) is 16.7. The molecule has 0 fully saturated rings. The van der Waals surface area contributed by atoms with E-state index in [-0.39, 0.29) is 11.3 Å². The summed E-state index contributed by atoms with van der Waals surface area (Å²) in [5, 5.41) is 8.06. The number of aromatic amines is 1. The molecule has 0 aliphatic heterocycles. The molecule has 2 aromatic carbocycles. The first-order valence-electron chi connectivity index (χ1n) is 9.96. The van der Waals surface area contributed by atoms with E-state index in [4.69, 9.17) is 0 Å². The maximum atomic E-state index is 14.3. The van der Waals surface area contributed by atoms with E-state index in [1.807, 2.05) is 17.8 Å². The Kier molecular flexibility index (Phi) is 5.90. The maximum Gasteiger partial charge on any atom is 0.150 e. The van der Waals surface area contributed by atoms with Crippen LogP contribution in [0.15, 0.2) is 48.7 Å². The average molecular weight is 412 g/mol. The number of rotatable bonds is 8. The third-order valence-corrected chi connectivity index (χ3v) is 5.32. The van der Waals surface area contributed by atoms with Crippen molar-refractivity contribution in [3.8, 4) is 11.3 Å². The van der Waals surface area contributed by atoms with E-state index in [9.17, 15) is 13.2 Å². The second-order valence-electron chi connectivity index (χ2n) is 7.38. The number of nitrogens with zero attached hydrogens (tertiary/aromatic N) is 2. The standard InChI is InChI=1S/C23H23F3N4/c1-30-18(9-11-28-30)14-27-10-3-2-4-19-20-12-17(25)13-21(26)23(20)29-22(19)15-5-7-16(24)8-6-15/h5-9,11-13,27,29H,2-4,10,14H2,1H3. The van der Waals surface area contributed by atoms with E-state index in [0.717, 1.165) is 48.8 Å². The van der Waals surface area contributed by atoms with Gasteiger partial charge in [-0.2, -0.15) is 5.10 Å². The minimum Gasteiger partial charge on any atom is -0.352 e. The highest BCUT2D eigenvalue weighted by Gasteiger charge is 2.17. The van der Waals surface area contributed by atoms with Crippen molar-refractivity contribution in [3.63, 3.8) is 0 Å². The van der Waals surface area contributed by atoms with Gasteiger partial charge in [-0.25, -0.2) is 13.2 Å². The lowest BCUT2D eigenvalue weighted by Crippen LogP contribution is -2.17. The molecule has 2 N–H and O–H groups in total. The van der Waals surface area contributed by atoms with E-state index >= 15 is 0 Å². The molecule has 0 unspecified atom stereocenters. The molecular formula is C23H23F3N4. The van der Waals surface area contributed by atoms with Gasteiger partial charge in [-0.3, -0.25) is 4.68 Å². The van der Waals surface area contributed by atoms with Gasteiger partial charge in [-0.1, -0.05) is 0 Å². The van der Waals surface area contributed by atoms with Gasteiger partial charge in [0.2, 0.25) is 0 Å². The molecule has 0 atom stereocenters. The van der Waals surface area contributed by atoms with Crippen molar-refractivity contribution in [2.75, 3.05) is 6.54 Å². The number of halogens is 3. The predicted octanol–water partition coefficient (Wildman–Crippen LogP) is 5.10. The Balaban J connectivity index is 1.49. The molecule has 0 aliphatic rings. The number of benzene rings is 2. The predicted molar refractivity (Wildman–Crippen MR) is 111 cm³/mol. The fraction of sp³-hybridized carbons (Fsp3) is 0.261. The van der Waals surface area contributed by atoms with Crippen LogP contribution in [0.25, 0.3) is 22.2 Å². The Hall–Kier alpha value is -3.06. The first-order valence-corrected chi connectivity index (χ1v) is 9.96. The van der Waals surface area contributed by atoms with Crippen LogP contribution in [0, 0.1) is 17.5 Å². The Morgan fingerprint density at radius 2 is 1.80 bits per heavy atom. The number of fused-ring (bicyclic) bond motifs is 1. The number of aryl methyl sites for hydroxylation is 2. The van der Waals surface area contributed by atoms with Crippen LogP contribution in [0.4, 0.5) is 13.2 Å². The molecular weight excluding hydrogens is 389 g/mol. The SMILES string of the molecule is Cn1nccc1CNCCCCc1c(-c2ccc(F)cc2)[nH]c2c(F)cc(F)cc12. The van der Waals surface area contributed by atoms with Crippen LogP contribution >= 0.6 is 0 Å². The highest BCUT2D eigenvalue weighted by Crippen LogP contribution is 2.33. The van der Waals surface area contributed by atoms with E-state index in [1.165, 1.54) is 18.2 Å². The van der Waals surface area contributed by atoms with Gasteiger partial charge in [0.15, 0.2) is 0 Å². The minimum absolute atomic E-state index is 0.278. The molecule has 0 amide bonds. The molecule has 0 spiro atoms. The lowest BCUT2D eigenvalue weighted by molar-refractivity contribution is 0.589. The summed E-state index contributed by atoms with van der Waals surface area (Å²) < 4.78 is 43.4. The average Bonchev–Trinajstić information content (AvgIpc) is 3.29. The van der Waals surface area contributed by atoms with Crippen molar-refractivity contribution in [3.05, 3.63) is 77.4 Å². The second kappa shape index (κ2) is 8.75. The van der Waals surface area contributed by atoms with E-state index in [1.54, 1.807) is 18.3 Å². The molecule has 30 heavy (non-hydrogen) atoms. The first kappa shape index (κ1) is 20.2. The van der Waals surface area contributed by atoms with Gasteiger partial charge in [0.05, 0.1) is 11.2 Å². The van der Waals surface area contributed by atoms with Crippen molar-refractivity contribution in [1.82, 2.24) is 20.1 Å². The van der Waals surface area contributed by atoms with Crippen LogP contribution in [0.3, 0.4) is 0 Å². The fourth-order valence-corrected chi connectivity index (χ4v) is 3.74. The van der Waals surface area contributed by atoms with Crippen molar-refractivity contribution in [1.29, 1.82) is 0 Å². The number of hydrogen-bond donors (Lipinski definition) is 2. The summed E-state index contributed by atoms with van der Waals surface area (Å²) in [6.07, 6.45) is 4.18. The maximum absolute atomic E-state index is 14.3. The van der Waals surface area contributed by atoms with Gasteiger partial charge >= 0.3 is 0 Å². The Morgan fingerprint density at radius 3 is 2.53 bits per heavy atom. The van der Waals surface area contributed by atoms with E-state index < -0.39 is 11.6 Å². The molecule has 2 aromatic heterocycles. The topological polar surface area (TPSA) is 45.6 Å². The molecule has 156 valence electrons. The van der Waals surface area contributed by atoms with Crippen LogP contribution in [0.2, 0.25) is 0 Å². The van der Waals surface area contributed by atoms with Gasteiger partial charge < -0.3 is 10.3 Å². The van der Waals surface area contributed by atoms with Crippen molar-refractivity contribution in [2.45, 2.75) is 25.8 Å². The Bertz CT molecular complexity index is 1150. The molecule has 4 nitrogen and oxygen atoms in total. The summed E-state index contributed by atoms with van der Waals surface area (Å²) in [4.78, 5) is 3.08. The van der Waals surface area contributed by atoms with Crippen LogP contribution in [0.5, 0.6) is 0 Å². The van der Waals surface area contributed by atoms with E-state index in [0.29, 0.717) is 17.5 Å². The summed E-state index contributed by atoms with van der Waals surface area (Å²) in [5.74, 6) is -1.57. The number of aromatic nitrogens is 3. The number of unbranched alkanes of at least 4 members (excludes halogenated alkanes) is 1. The second-order valence-corrected chi connectivity index (χ2v) is 7.38. The Labute approximate surface area is 172 Å². The van der Waals surface area contributed by atoms with Crippen molar-refractivity contribution >= 4 is 10.9 Å². The van der Waals surface area contributed by atoms with Gasteiger partial charge in [0.1, 0.15) is 17.5 Å². The molecule has 2 heterocycles. The van der Waals surface area contributed by atoms with Crippen LogP contribution in [0.1, 0.15) is 24.1 Å². The Morgan fingerprint density at radius 1 is 1.00 bits per heavy atom. The van der Waals surface area contributed by atoms with E-state index in [2.05, 4.69) is 15.4 Å². The highest BCUT2D eigenvalue weighted by molar-refractivity contribution is 5.91. The summed E-state index contributed by atoms with van der Waals surface area (Å²) >= 11 is 0. The number of nitrogens with one attached hydrogen (secondary N) is 2. The molecule has 7 heteroatoms. The van der Waals surface area contributed by atoms with Crippen LogP contribution in [-0.4, -0.2) is 21.3 Å². The molecule has 4 rings (SSSR count). The van der Waals surface area contributed by atoms with Gasteiger partial charge in [-0.15, -0.1) is 0 Å². The van der Waals surface area contributed by atoms with Crippen LogP contribution in [-0.2, 0) is 20.0 Å². The molecule has 0 radical (unpaired) electrons. The monoisotopic (exact) mass is 412 g/mol. The number of H-pyrrole nitrogens is 1. The smallest absolute Gasteiger partial charge is 0.150 e. The van der Waals surface area contributed by atoms with Crippen LogP contribution < -0.4 is 5.32 Å². The fourth-order valence-electron chi connectivity index (χ4n) is 3.74. The van der Waals surface area contributed by atoms with Gasteiger partial charge in [-0.05, 0) is 73.3 Å². The summed E-state index contributed by atoms with van der Waals surface area (Å²) in [7, 11) is 1.91. The molecule has 0 saturated carbocycles. The quantitative estimate of drug-likeness (QED) is 0.396. The lowest BCUT2D eigenvalue weighted by atomic mass is 10.00. The molecule has 4 aromatic rings. The molecule has 0 aliphatic carbocycles.